The van der Waals surface area contributed by atoms with E-state index in [0.29, 0.717) is 6.54 Å². The molecule has 1 aromatic carbocycles. The molecule has 0 spiro atoms. The van der Waals surface area contributed by atoms with Gasteiger partial charge in [-0.3, -0.25) is 9.69 Å². The molecule has 1 atom stereocenters. The van der Waals surface area contributed by atoms with E-state index in [1.54, 1.807) is 6.08 Å². The smallest absolute Gasteiger partial charge is 0.243 e. The molecule has 0 saturated carbocycles. The molecule has 0 radical (unpaired) electrons. The molecule has 1 amide bonds. The van der Waals surface area contributed by atoms with E-state index in [-0.39, 0.29) is 11.3 Å². The van der Waals surface area contributed by atoms with Gasteiger partial charge in [-0.2, -0.15) is 0 Å². The van der Waals surface area contributed by atoms with E-state index in [1.165, 1.54) is 31.5 Å². The summed E-state index contributed by atoms with van der Waals surface area (Å²) in [5, 5.41) is 2.94. The SMILES string of the molecule is CC1CCCN(Cc2ccc(CNC(=O)C=CC(C)(C)C)cc2)C1. The molecular formula is C21H32N2O. The number of nitrogens with one attached hydrogen (secondary N) is 1. The Balaban J connectivity index is 1.79. The van der Waals surface area contributed by atoms with E-state index >= 15 is 0 Å². The van der Waals surface area contributed by atoms with Gasteiger partial charge in [0.2, 0.25) is 5.91 Å². The van der Waals surface area contributed by atoms with Crippen molar-refractivity contribution in [3.8, 4) is 0 Å². The molecule has 132 valence electrons. The lowest BCUT2D eigenvalue weighted by atomic mass is 9.96. The average Bonchev–Trinajstić information content (AvgIpc) is 2.52. The zero-order valence-electron chi connectivity index (χ0n) is 15.6. The molecule has 1 saturated heterocycles. The zero-order chi connectivity index (χ0) is 17.6. The predicted molar refractivity (Wildman–Crippen MR) is 101 cm³/mol. The first-order chi connectivity index (χ1) is 11.3. The van der Waals surface area contributed by atoms with E-state index in [9.17, 15) is 4.79 Å². The molecule has 2 rings (SSSR count). The third-order valence-electron chi connectivity index (χ3n) is 4.37. The molecule has 1 N–H and O–H groups in total. The van der Waals surface area contributed by atoms with Crippen LogP contribution in [0.1, 0.15) is 51.7 Å². The van der Waals surface area contributed by atoms with Gasteiger partial charge in [0.15, 0.2) is 0 Å². The highest BCUT2D eigenvalue weighted by Gasteiger charge is 2.16. The second kappa shape index (κ2) is 8.48. The molecule has 1 aromatic rings. The van der Waals surface area contributed by atoms with Crippen molar-refractivity contribution in [2.24, 2.45) is 11.3 Å². The Morgan fingerprint density at radius 1 is 1.25 bits per heavy atom. The first-order valence-electron chi connectivity index (χ1n) is 9.09. The van der Waals surface area contributed by atoms with Crippen LogP contribution in [0.5, 0.6) is 0 Å². The van der Waals surface area contributed by atoms with Gasteiger partial charge in [0.05, 0.1) is 0 Å². The van der Waals surface area contributed by atoms with Crippen LogP contribution in [0.2, 0.25) is 0 Å². The van der Waals surface area contributed by atoms with Crippen LogP contribution in [0.4, 0.5) is 0 Å². The van der Waals surface area contributed by atoms with Gasteiger partial charge < -0.3 is 5.32 Å². The van der Waals surface area contributed by atoms with Crippen LogP contribution in [-0.2, 0) is 17.9 Å². The summed E-state index contributed by atoms with van der Waals surface area (Å²) in [7, 11) is 0. The number of hydrogen-bond donors (Lipinski definition) is 1. The second-order valence-electron chi connectivity index (χ2n) is 8.22. The molecule has 1 heterocycles. The number of likely N-dealkylation sites (tertiary alicyclic amines) is 1. The summed E-state index contributed by atoms with van der Waals surface area (Å²) >= 11 is 0. The maximum atomic E-state index is 11.8. The van der Waals surface area contributed by atoms with Crippen molar-refractivity contribution in [1.29, 1.82) is 0 Å². The highest BCUT2D eigenvalue weighted by molar-refractivity contribution is 5.87. The molecular weight excluding hydrogens is 296 g/mol. The summed E-state index contributed by atoms with van der Waals surface area (Å²) in [5.41, 5.74) is 2.53. The fourth-order valence-electron chi connectivity index (χ4n) is 3.02. The number of rotatable bonds is 5. The molecule has 3 nitrogen and oxygen atoms in total. The first-order valence-corrected chi connectivity index (χ1v) is 9.09. The molecule has 0 aliphatic carbocycles. The summed E-state index contributed by atoms with van der Waals surface area (Å²) in [5.74, 6) is 0.783. The van der Waals surface area contributed by atoms with Crippen LogP contribution in [-0.4, -0.2) is 23.9 Å². The Morgan fingerprint density at radius 2 is 1.92 bits per heavy atom. The van der Waals surface area contributed by atoms with E-state index in [4.69, 9.17) is 0 Å². The topological polar surface area (TPSA) is 32.3 Å². The largest absolute Gasteiger partial charge is 0.348 e. The number of amides is 1. The minimum Gasteiger partial charge on any atom is -0.348 e. The lowest BCUT2D eigenvalue weighted by molar-refractivity contribution is -0.116. The van der Waals surface area contributed by atoms with Gasteiger partial charge in [-0.05, 0) is 47.9 Å². The fraction of sp³-hybridized carbons (Fsp3) is 0.571. The molecule has 0 aromatic heterocycles. The Bertz CT molecular complexity index is 554. The Labute approximate surface area is 147 Å². The third-order valence-corrected chi connectivity index (χ3v) is 4.37. The first kappa shape index (κ1) is 18.7. The predicted octanol–water partition coefficient (Wildman–Crippen LogP) is 4.14. The standard InChI is InChI=1S/C21H32N2O/c1-17-6-5-13-23(15-17)16-19-9-7-18(8-10-19)14-22-20(24)11-12-21(2,3)4/h7-12,17H,5-6,13-16H2,1-4H3,(H,22,24). The van der Waals surface area contributed by atoms with Crippen molar-refractivity contribution in [1.82, 2.24) is 10.2 Å². The van der Waals surface area contributed by atoms with E-state index in [1.807, 2.05) is 6.08 Å². The minimum atomic E-state index is -0.0312. The van der Waals surface area contributed by atoms with Gasteiger partial charge >= 0.3 is 0 Å². The van der Waals surface area contributed by atoms with Gasteiger partial charge in [0.25, 0.3) is 0 Å². The maximum Gasteiger partial charge on any atom is 0.243 e. The van der Waals surface area contributed by atoms with Crippen LogP contribution < -0.4 is 5.32 Å². The van der Waals surface area contributed by atoms with E-state index < -0.39 is 0 Å². The summed E-state index contributed by atoms with van der Waals surface area (Å²) in [6.45, 7) is 12.6. The maximum absolute atomic E-state index is 11.8. The van der Waals surface area contributed by atoms with Crippen molar-refractivity contribution in [2.75, 3.05) is 13.1 Å². The fourth-order valence-corrected chi connectivity index (χ4v) is 3.02. The molecule has 1 aliphatic rings. The van der Waals surface area contributed by atoms with Gasteiger partial charge in [0, 0.05) is 19.6 Å². The number of allylic oxidation sites excluding steroid dienone is 1. The minimum absolute atomic E-state index is 0.0312. The molecule has 1 fully saturated rings. The number of piperidine rings is 1. The Morgan fingerprint density at radius 3 is 2.54 bits per heavy atom. The molecule has 24 heavy (non-hydrogen) atoms. The summed E-state index contributed by atoms with van der Waals surface area (Å²) in [4.78, 5) is 14.4. The van der Waals surface area contributed by atoms with Crippen LogP contribution in [0.25, 0.3) is 0 Å². The van der Waals surface area contributed by atoms with Crippen LogP contribution in [0, 0.1) is 11.3 Å². The quantitative estimate of drug-likeness (QED) is 0.824. The molecule has 1 unspecified atom stereocenters. The van der Waals surface area contributed by atoms with Gasteiger partial charge in [-0.15, -0.1) is 0 Å². The summed E-state index contributed by atoms with van der Waals surface area (Å²) in [6.07, 6.45) is 6.24. The van der Waals surface area contributed by atoms with Crippen molar-refractivity contribution >= 4 is 5.91 Å². The Hall–Kier alpha value is -1.61. The Kier molecular flexibility index (Phi) is 6.61. The summed E-state index contributed by atoms with van der Waals surface area (Å²) < 4.78 is 0. The van der Waals surface area contributed by atoms with E-state index in [0.717, 1.165) is 18.0 Å². The van der Waals surface area contributed by atoms with Crippen molar-refractivity contribution in [2.45, 2.75) is 53.6 Å². The molecule has 1 aliphatic heterocycles. The van der Waals surface area contributed by atoms with Crippen molar-refractivity contribution in [3.05, 3.63) is 47.5 Å². The third kappa shape index (κ3) is 6.88. The lowest BCUT2D eigenvalue weighted by Gasteiger charge is -2.30. The number of nitrogens with zero attached hydrogens (tertiary/aromatic N) is 1. The number of benzene rings is 1. The van der Waals surface area contributed by atoms with Crippen LogP contribution in [0.15, 0.2) is 36.4 Å². The van der Waals surface area contributed by atoms with Crippen LogP contribution in [0.3, 0.4) is 0 Å². The number of carbonyl (C=O) groups excluding carboxylic acids is 1. The lowest BCUT2D eigenvalue weighted by Crippen LogP contribution is -2.33. The van der Waals surface area contributed by atoms with Gasteiger partial charge in [0.1, 0.15) is 0 Å². The highest BCUT2D eigenvalue weighted by Crippen LogP contribution is 2.18. The van der Waals surface area contributed by atoms with Gasteiger partial charge in [-0.1, -0.05) is 58.0 Å². The van der Waals surface area contributed by atoms with Crippen molar-refractivity contribution in [3.63, 3.8) is 0 Å². The monoisotopic (exact) mass is 328 g/mol. The second-order valence-corrected chi connectivity index (χ2v) is 8.22. The van der Waals surface area contributed by atoms with Crippen LogP contribution >= 0.6 is 0 Å². The number of hydrogen-bond acceptors (Lipinski definition) is 2. The van der Waals surface area contributed by atoms with E-state index in [2.05, 4.69) is 62.2 Å². The van der Waals surface area contributed by atoms with Gasteiger partial charge in [-0.25, -0.2) is 0 Å². The summed E-state index contributed by atoms with van der Waals surface area (Å²) in [6, 6.07) is 8.62. The average molecular weight is 329 g/mol. The highest BCUT2D eigenvalue weighted by atomic mass is 16.1. The normalized spacial score (nSPS) is 19.6. The molecule has 3 heteroatoms. The van der Waals surface area contributed by atoms with Crippen molar-refractivity contribution < 1.29 is 4.79 Å². The zero-order valence-corrected chi connectivity index (χ0v) is 15.6. The molecule has 0 bridgehead atoms. The number of carbonyl (C=O) groups is 1.